The lowest BCUT2D eigenvalue weighted by Crippen LogP contribution is -1.98. The topological polar surface area (TPSA) is 77.5 Å². The van der Waals surface area contributed by atoms with Crippen molar-refractivity contribution in [2.45, 2.75) is 9.79 Å². The molecule has 0 heterocycles. The fraction of sp³-hybridized carbons (Fsp3) is 0.0909. The van der Waals surface area contributed by atoms with E-state index in [2.05, 4.69) is 0 Å². The Morgan fingerprint density at radius 1 is 0.950 bits per heavy atom. The van der Waals surface area contributed by atoms with Gasteiger partial charge in [0.1, 0.15) is 5.75 Å². The van der Waals surface area contributed by atoms with Crippen molar-refractivity contribution in [1.82, 2.24) is 0 Å². The lowest BCUT2D eigenvalue weighted by molar-refractivity contribution is 0.415. The van der Waals surface area contributed by atoms with Crippen molar-refractivity contribution in [3.63, 3.8) is 0 Å². The van der Waals surface area contributed by atoms with Gasteiger partial charge in [-0.2, -0.15) is 0 Å². The maximum Gasteiger partial charge on any atom is 0.261 e. The summed E-state index contributed by atoms with van der Waals surface area (Å²) in [4.78, 5) is -0.675. The molecule has 0 aliphatic heterocycles. The molecule has 2 aromatic rings. The van der Waals surface area contributed by atoms with E-state index >= 15 is 0 Å². The number of rotatable bonds is 3. The first-order valence-corrected chi connectivity index (χ1v) is 9.76. The summed E-state index contributed by atoms with van der Waals surface area (Å²) >= 11 is 0. The van der Waals surface area contributed by atoms with Crippen LogP contribution in [0.2, 0.25) is 0 Å². The summed E-state index contributed by atoms with van der Waals surface area (Å²) in [6.07, 6.45) is 0. The van der Waals surface area contributed by atoms with Crippen LogP contribution < -0.4 is 4.74 Å². The molecule has 0 spiro atoms. The van der Waals surface area contributed by atoms with Gasteiger partial charge < -0.3 is 4.74 Å². The molecule has 2 rings (SSSR count). The van der Waals surface area contributed by atoms with E-state index < -0.39 is 18.1 Å². The molecule has 20 heavy (non-hydrogen) atoms. The average Bonchev–Trinajstić information content (AvgIpc) is 2.34. The van der Waals surface area contributed by atoms with Crippen molar-refractivity contribution in [1.29, 1.82) is 0 Å². The highest BCUT2D eigenvalue weighted by Crippen LogP contribution is 2.32. The normalized spacial score (nSPS) is 12.6. The Kier molecular flexibility index (Phi) is 3.90. The minimum atomic E-state index is -4.14. The standard InChI is InChI=1S/C11H8Cl2O5S2/c1-18-8-3-2-7-4-9(19(12,14)15)6-11(10(7)5-8)20(13,16)17/h2-6H,1H3. The first kappa shape index (κ1) is 15.4. The minimum Gasteiger partial charge on any atom is -0.497 e. The average molecular weight is 355 g/mol. The summed E-state index contributed by atoms with van der Waals surface area (Å²) in [5.74, 6) is 0.417. The molecule has 2 aromatic carbocycles. The first-order valence-electron chi connectivity index (χ1n) is 5.14. The number of methoxy groups -OCH3 is 1. The maximum atomic E-state index is 11.6. The number of halogens is 2. The lowest BCUT2D eigenvalue weighted by Gasteiger charge is -2.08. The van der Waals surface area contributed by atoms with E-state index in [0.717, 1.165) is 6.07 Å². The van der Waals surface area contributed by atoms with Crippen LogP contribution >= 0.6 is 21.4 Å². The second-order valence-electron chi connectivity index (χ2n) is 3.88. The molecule has 0 N–H and O–H groups in total. The second kappa shape index (κ2) is 5.07. The van der Waals surface area contributed by atoms with E-state index in [4.69, 9.17) is 26.1 Å². The third kappa shape index (κ3) is 3.01. The van der Waals surface area contributed by atoms with Crippen molar-refractivity contribution in [2.24, 2.45) is 0 Å². The maximum absolute atomic E-state index is 11.6. The highest BCUT2D eigenvalue weighted by Gasteiger charge is 2.20. The highest BCUT2D eigenvalue weighted by atomic mass is 35.7. The van der Waals surface area contributed by atoms with Crippen LogP contribution in [0.1, 0.15) is 0 Å². The van der Waals surface area contributed by atoms with Crippen LogP contribution in [0.5, 0.6) is 5.75 Å². The highest BCUT2D eigenvalue weighted by molar-refractivity contribution is 8.14. The molecule has 0 fully saturated rings. The monoisotopic (exact) mass is 354 g/mol. The molecule has 9 heteroatoms. The van der Waals surface area contributed by atoms with Crippen LogP contribution in [-0.2, 0) is 18.1 Å². The Labute approximate surface area is 124 Å². The van der Waals surface area contributed by atoms with Gasteiger partial charge in [-0.05, 0) is 29.7 Å². The quantitative estimate of drug-likeness (QED) is 0.791. The van der Waals surface area contributed by atoms with Gasteiger partial charge in [0, 0.05) is 26.8 Å². The summed E-state index contributed by atoms with van der Waals surface area (Å²) in [6, 6.07) is 6.73. The molecule has 0 amide bonds. The van der Waals surface area contributed by atoms with Crippen LogP contribution in [0.25, 0.3) is 10.8 Å². The van der Waals surface area contributed by atoms with Crippen molar-refractivity contribution >= 4 is 50.2 Å². The van der Waals surface area contributed by atoms with E-state index in [1.165, 1.54) is 25.3 Å². The van der Waals surface area contributed by atoms with Crippen LogP contribution in [0.15, 0.2) is 40.1 Å². The summed E-state index contributed by atoms with van der Waals surface area (Å²) in [5, 5.41) is 0.621. The number of benzene rings is 2. The number of fused-ring (bicyclic) bond motifs is 1. The Bertz CT molecular complexity index is 888. The molecule has 0 atom stereocenters. The van der Waals surface area contributed by atoms with Gasteiger partial charge in [-0.25, -0.2) is 16.8 Å². The zero-order chi connectivity index (χ0) is 15.1. The van der Waals surface area contributed by atoms with E-state index in [1.54, 1.807) is 6.07 Å². The Balaban J connectivity index is 2.97. The van der Waals surface area contributed by atoms with Gasteiger partial charge in [-0.1, -0.05) is 6.07 Å². The van der Waals surface area contributed by atoms with Gasteiger partial charge in [-0.3, -0.25) is 0 Å². The van der Waals surface area contributed by atoms with Crippen LogP contribution in [0, 0.1) is 0 Å². The molecular weight excluding hydrogens is 347 g/mol. The smallest absolute Gasteiger partial charge is 0.261 e. The van der Waals surface area contributed by atoms with Gasteiger partial charge in [0.2, 0.25) is 0 Å². The predicted molar refractivity (Wildman–Crippen MR) is 76.6 cm³/mol. The Morgan fingerprint density at radius 3 is 2.10 bits per heavy atom. The van der Waals surface area contributed by atoms with Gasteiger partial charge in [0.05, 0.1) is 16.9 Å². The Hall–Kier alpha value is -1.02. The zero-order valence-corrected chi connectivity index (χ0v) is 13.1. The molecular formula is C11H8Cl2O5S2. The Morgan fingerprint density at radius 2 is 1.60 bits per heavy atom. The molecule has 0 aliphatic carbocycles. The van der Waals surface area contributed by atoms with Gasteiger partial charge in [0.25, 0.3) is 18.1 Å². The first-order chi connectivity index (χ1) is 9.13. The molecule has 5 nitrogen and oxygen atoms in total. The predicted octanol–water partition coefficient (Wildman–Crippen LogP) is 2.70. The largest absolute Gasteiger partial charge is 0.497 e. The summed E-state index contributed by atoms with van der Waals surface area (Å²) < 4.78 is 51.0. The number of hydrogen-bond acceptors (Lipinski definition) is 5. The summed E-state index contributed by atoms with van der Waals surface area (Å²) in [7, 11) is 3.80. The molecule has 0 unspecified atom stereocenters. The van der Waals surface area contributed by atoms with Crippen molar-refractivity contribution in [2.75, 3.05) is 7.11 Å². The van der Waals surface area contributed by atoms with Crippen molar-refractivity contribution in [3.05, 3.63) is 30.3 Å². The third-order valence-electron chi connectivity index (χ3n) is 2.64. The van der Waals surface area contributed by atoms with E-state index in [9.17, 15) is 16.8 Å². The van der Waals surface area contributed by atoms with E-state index in [-0.39, 0.29) is 15.2 Å². The van der Waals surface area contributed by atoms with Crippen LogP contribution in [0.4, 0.5) is 0 Å². The van der Waals surface area contributed by atoms with Crippen LogP contribution in [-0.4, -0.2) is 23.9 Å². The van der Waals surface area contributed by atoms with Gasteiger partial charge in [0.15, 0.2) is 0 Å². The molecule has 108 valence electrons. The lowest BCUT2D eigenvalue weighted by atomic mass is 10.1. The summed E-state index contributed by atoms with van der Waals surface area (Å²) in [6.45, 7) is 0. The fourth-order valence-corrected chi connectivity index (χ4v) is 3.70. The van der Waals surface area contributed by atoms with Gasteiger partial charge in [-0.15, -0.1) is 0 Å². The van der Waals surface area contributed by atoms with Gasteiger partial charge >= 0.3 is 0 Å². The summed E-state index contributed by atoms with van der Waals surface area (Å²) in [5.41, 5.74) is 0. The molecule has 0 saturated carbocycles. The molecule has 0 saturated heterocycles. The van der Waals surface area contributed by atoms with Crippen molar-refractivity contribution < 1.29 is 21.6 Å². The fourth-order valence-electron chi connectivity index (χ4n) is 1.75. The molecule has 0 aromatic heterocycles. The SMILES string of the molecule is COc1ccc2cc(S(=O)(=O)Cl)cc(S(=O)(=O)Cl)c2c1. The zero-order valence-electron chi connectivity index (χ0n) is 10.0. The van der Waals surface area contributed by atoms with E-state index in [1.807, 2.05) is 0 Å². The van der Waals surface area contributed by atoms with Crippen molar-refractivity contribution in [3.8, 4) is 5.75 Å². The minimum absolute atomic E-state index is 0.253. The second-order valence-corrected chi connectivity index (χ2v) is 8.98. The molecule has 0 bridgehead atoms. The third-order valence-corrected chi connectivity index (χ3v) is 5.34. The van der Waals surface area contributed by atoms with E-state index in [0.29, 0.717) is 11.1 Å². The molecule has 0 aliphatic rings. The number of hydrogen-bond donors (Lipinski definition) is 0. The molecule has 0 radical (unpaired) electrons. The number of ether oxygens (including phenoxy) is 1. The van der Waals surface area contributed by atoms with Crippen LogP contribution in [0.3, 0.4) is 0 Å².